The fourth-order valence-corrected chi connectivity index (χ4v) is 4.51. The van der Waals surface area contributed by atoms with Gasteiger partial charge in [-0.05, 0) is 56.2 Å². The maximum absolute atomic E-state index is 13.2. The summed E-state index contributed by atoms with van der Waals surface area (Å²) < 4.78 is 7.90. The van der Waals surface area contributed by atoms with Gasteiger partial charge in [-0.1, -0.05) is 0 Å². The molecule has 1 atom stereocenters. The lowest BCUT2D eigenvalue weighted by Gasteiger charge is -2.35. The van der Waals surface area contributed by atoms with Crippen molar-refractivity contribution in [3.8, 4) is 0 Å². The summed E-state index contributed by atoms with van der Waals surface area (Å²) in [6.45, 7) is 6.22. The Morgan fingerprint density at radius 3 is 2.84 bits per heavy atom. The Morgan fingerprint density at radius 2 is 2.16 bits per heavy atom. The summed E-state index contributed by atoms with van der Waals surface area (Å²) >= 11 is 1.59. The SMILES string of the molecule is Cc1cc(C(=O)N2CCc3cnn(C)c3C2COCC2CC2)sc1C. The third kappa shape index (κ3) is 3.25. The highest BCUT2D eigenvalue weighted by atomic mass is 32.1. The Labute approximate surface area is 152 Å². The van der Waals surface area contributed by atoms with Crippen molar-refractivity contribution in [2.75, 3.05) is 19.8 Å². The van der Waals surface area contributed by atoms with E-state index in [9.17, 15) is 4.79 Å². The number of carbonyl (C=O) groups is 1. The Bertz CT molecular complexity index is 771. The van der Waals surface area contributed by atoms with Crippen LogP contribution in [0, 0.1) is 19.8 Å². The van der Waals surface area contributed by atoms with Crippen molar-refractivity contribution in [3.05, 3.63) is 38.8 Å². The highest BCUT2D eigenvalue weighted by Gasteiger charge is 2.35. The summed E-state index contributed by atoms with van der Waals surface area (Å²) in [6.07, 6.45) is 5.35. The van der Waals surface area contributed by atoms with E-state index < -0.39 is 0 Å². The molecule has 5 nitrogen and oxygen atoms in total. The number of amides is 1. The van der Waals surface area contributed by atoms with E-state index in [1.165, 1.54) is 28.8 Å². The van der Waals surface area contributed by atoms with Crippen LogP contribution in [0.4, 0.5) is 0 Å². The first-order chi connectivity index (χ1) is 12.0. The van der Waals surface area contributed by atoms with Gasteiger partial charge in [-0.2, -0.15) is 5.10 Å². The largest absolute Gasteiger partial charge is 0.379 e. The summed E-state index contributed by atoms with van der Waals surface area (Å²) in [5, 5.41) is 4.41. The number of hydrogen-bond donors (Lipinski definition) is 0. The van der Waals surface area contributed by atoms with Crippen molar-refractivity contribution in [2.24, 2.45) is 13.0 Å². The summed E-state index contributed by atoms with van der Waals surface area (Å²) in [5.41, 5.74) is 3.55. The average Bonchev–Trinajstić information content (AvgIpc) is 3.26. The van der Waals surface area contributed by atoms with Gasteiger partial charge in [-0.3, -0.25) is 9.48 Å². The highest BCUT2D eigenvalue weighted by Crippen LogP contribution is 2.34. The number of rotatable bonds is 5. The second kappa shape index (κ2) is 6.57. The third-order valence-electron chi connectivity index (χ3n) is 5.34. The fourth-order valence-electron chi connectivity index (χ4n) is 3.52. The minimum absolute atomic E-state index is 0.0507. The van der Waals surface area contributed by atoms with Crippen LogP contribution in [0.2, 0.25) is 0 Å². The Balaban J connectivity index is 1.59. The summed E-state index contributed by atoms with van der Waals surface area (Å²) in [4.78, 5) is 17.2. The van der Waals surface area contributed by atoms with E-state index in [2.05, 4.69) is 18.9 Å². The smallest absolute Gasteiger partial charge is 0.264 e. The van der Waals surface area contributed by atoms with E-state index in [0.717, 1.165) is 36.1 Å². The van der Waals surface area contributed by atoms with E-state index >= 15 is 0 Å². The monoisotopic (exact) mass is 359 g/mol. The number of aromatic nitrogens is 2. The van der Waals surface area contributed by atoms with Crippen LogP contribution in [-0.2, 0) is 18.2 Å². The molecule has 2 aromatic heterocycles. The molecule has 0 saturated heterocycles. The molecule has 1 amide bonds. The predicted octanol–water partition coefficient (Wildman–Crippen LogP) is 3.26. The van der Waals surface area contributed by atoms with Gasteiger partial charge in [-0.15, -0.1) is 11.3 Å². The van der Waals surface area contributed by atoms with Crippen molar-refractivity contribution in [1.82, 2.24) is 14.7 Å². The van der Waals surface area contributed by atoms with Gasteiger partial charge >= 0.3 is 0 Å². The van der Waals surface area contributed by atoms with Gasteiger partial charge in [-0.25, -0.2) is 0 Å². The molecule has 4 rings (SSSR count). The number of hydrogen-bond acceptors (Lipinski definition) is 4. The number of aryl methyl sites for hydroxylation is 3. The van der Waals surface area contributed by atoms with Crippen LogP contribution in [0.1, 0.15) is 50.3 Å². The van der Waals surface area contributed by atoms with E-state index in [4.69, 9.17) is 4.74 Å². The minimum Gasteiger partial charge on any atom is -0.379 e. The zero-order chi connectivity index (χ0) is 17.6. The summed E-state index contributed by atoms with van der Waals surface area (Å²) in [7, 11) is 1.96. The van der Waals surface area contributed by atoms with Gasteiger partial charge in [0.05, 0.1) is 29.4 Å². The van der Waals surface area contributed by atoms with Crippen LogP contribution in [0.15, 0.2) is 12.3 Å². The molecule has 1 aliphatic carbocycles. The number of fused-ring (bicyclic) bond motifs is 1. The molecule has 2 aromatic rings. The molecule has 3 heterocycles. The average molecular weight is 359 g/mol. The van der Waals surface area contributed by atoms with Gasteiger partial charge in [0.2, 0.25) is 0 Å². The van der Waals surface area contributed by atoms with E-state index in [1.54, 1.807) is 11.3 Å². The number of carbonyl (C=O) groups excluding carboxylic acids is 1. The number of thiophene rings is 1. The Hall–Kier alpha value is -1.66. The summed E-state index contributed by atoms with van der Waals surface area (Å²) in [5.74, 6) is 0.842. The molecular formula is C19H25N3O2S. The highest BCUT2D eigenvalue weighted by molar-refractivity contribution is 7.14. The van der Waals surface area contributed by atoms with E-state index in [0.29, 0.717) is 6.61 Å². The number of ether oxygens (including phenoxy) is 1. The molecule has 1 unspecified atom stereocenters. The second-order valence-corrected chi connectivity index (χ2v) is 8.53. The standard InChI is InChI=1S/C19H25N3O2S/c1-12-8-17(25-13(12)2)19(23)22-7-6-15-9-20-21(3)18(15)16(22)11-24-10-14-4-5-14/h8-9,14,16H,4-7,10-11H2,1-3H3. The van der Waals surface area contributed by atoms with Crippen LogP contribution < -0.4 is 0 Å². The molecule has 1 aliphatic heterocycles. The predicted molar refractivity (Wildman–Crippen MR) is 98.0 cm³/mol. The third-order valence-corrected chi connectivity index (χ3v) is 6.48. The van der Waals surface area contributed by atoms with Gasteiger partial charge in [0.25, 0.3) is 5.91 Å². The van der Waals surface area contributed by atoms with Crippen molar-refractivity contribution in [3.63, 3.8) is 0 Å². The Morgan fingerprint density at radius 1 is 1.36 bits per heavy atom. The molecule has 134 valence electrons. The molecule has 25 heavy (non-hydrogen) atoms. The molecule has 0 spiro atoms. The van der Waals surface area contributed by atoms with Gasteiger partial charge < -0.3 is 9.64 Å². The van der Waals surface area contributed by atoms with E-state index in [-0.39, 0.29) is 11.9 Å². The molecule has 1 saturated carbocycles. The lowest BCUT2D eigenvalue weighted by Crippen LogP contribution is -2.42. The fraction of sp³-hybridized carbons (Fsp3) is 0.579. The van der Waals surface area contributed by atoms with Crippen LogP contribution >= 0.6 is 11.3 Å². The van der Waals surface area contributed by atoms with Gasteiger partial charge in [0.1, 0.15) is 0 Å². The topological polar surface area (TPSA) is 47.4 Å². The number of nitrogens with zero attached hydrogens (tertiary/aromatic N) is 3. The molecular weight excluding hydrogens is 334 g/mol. The second-order valence-electron chi connectivity index (χ2n) is 7.27. The normalized spacial score (nSPS) is 20.0. The Kier molecular flexibility index (Phi) is 4.41. The van der Waals surface area contributed by atoms with Crippen LogP contribution in [0.5, 0.6) is 0 Å². The van der Waals surface area contributed by atoms with Crippen molar-refractivity contribution in [2.45, 2.75) is 39.2 Å². The van der Waals surface area contributed by atoms with Crippen molar-refractivity contribution < 1.29 is 9.53 Å². The van der Waals surface area contributed by atoms with Crippen molar-refractivity contribution >= 4 is 17.2 Å². The minimum atomic E-state index is -0.0507. The molecule has 0 bridgehead atoms. The molecule has 6 heteroatoms. The lowest BCUT2D eigenvalue weighted by atomic mass is 10.00. The quantitative estimate of drug-likeness (QED) is 0.823. The first-order valence-electron chi connectivity index (χ1n) is 9.01. The first kappa shape index (κ1) is 16.8. The first-order valence-corrected chi connectivity index (χ1v) is 9.82. The maximum atomic E-state index is 13.2. The van der Waals surface area contributed by atoms with Crippen LogP contribution in [0.3, 0.4) is 0 Å². The maximum Gasteiger partial charge on any atom is 0.264 e. The zero-order valence-corrected chi connectivity index (χ0v) is 15.9. The molecule has 2 aliphatic rings. The van der Waals surface area contributed by atoms with Crippen LogP contribution in [-0.4, -0.2) is 40.3 Å². The van der Waals surface area contributed by atoms with E-state index in [1.807, 2.05) is 28.9 Å². The zero-order valence-electron chi connectivity index (χ0n) is 15.1. The van der Waals surface area contributed by atoms with Gasteiger partial charge in [0, 0.05) is 25.1 Å². The molecule has 0 N–H and O–H groups in total. The van der Waals surface area contributed by atoms with Crippen molar-refractivity contribution in [1.29, 1.82) is 0 Å². The molecule has 0 aromatic carbocycles. The molecule has 0 radical (unpaired) electrons. The van der Waals surface area contributed by atoms with Crippen LogP contribution in [0.25, 0.3) is 0 Å². The van der Waals surface area contributed by atoms with Gasteiger partial charge in [0.15, 0.2) is 0 Å². The molecule has 1 fully saturated rings. The summed E-state index contributed by atoms with van der Waals surface area (Å²) in [6, 6.07) is 1.97. The lowest BCUT2D eigenvalue weighted by molar-refractivity contribution is 0.0351.